The first-order valence-electron chi connectivity index (χ1n) is 10.5. The van der Waals surface area contributed by atoms with Crippen LogP contribution in [0.4, 0.5) is 0 Å². The molecule has 1 amide bonds. The van der Waals surface area contributed by atoms with Crippen molar-refractivity contribution < 1.29 is 17.9 Å². The van der Waals surface area contributed by atoms with E-state index in [9.17, 15) is 13.2 Å². The van der Waals surface area contributed by atoms with Crippen molar-refractivity contribution in [3.8, 4) is 0 Å². The number of rotatable bonds is 7. The molecule has 2 saturated heterocycles. The smallest absolute Gasteiger partial charge is 0.242 e. The average molecular weight is 424 g/mol. The molecule has 0 radical (unpaired) electrons. The van der Waals surface area contributed by atoms with Crippen molar-refractivity contribution in [3.05, 3.63) is 35.9 Å². The first-order valence-corrected chi connectivity index (χ1v) is 12.3. The van der Waals surface area contributed by atoms with Gasteiger partial charge < -0.3 is 10.1 Å². The maximum absolute atomic E-state index is 13.3. The third kappa shape index (κ3) is 6.01. The zero-order valence-corrected chi connectivity index (χ0v) is 18.2. The van der Waals surface area contributed by atoms with E-state index >= 15 is 0 Å². The molecule has 2 aliphatic heterocycles. The fourth-order valence-corrected chi connectivity index (χ4v) is 5.37. The van der Waals surface area contributed by atoms with Gasteiger partial charge in [0.2, 0.25) is 5.91 Å². The van der Waals surface area contributed by atoms with E-state index in [0.717, 1.165) is 31.9 Å². The van der Waals surface area contributed by atoms with Crippen LogP contribution in [-0.4, -0.2) is 87.6 Å². The van der Waals surface area contributed by atoms with Crippen molar-refractivity contribution in [3.63, 3.8) is 0 Å². The summed E-state index contributed by atoms with van der Waals surface area (Å²) in [6.07, 6.45) is 0. The lowest BCUT2D eigenvalue weighted by atomic mass is 10.0. The highest BCUT2D eigenvalue weighted by atomic mass is 32.2. The van der Waals surface area contributed by atoms with E-state index in [2.05, 4.69) is 24.1 Å². The van der Waals surface area contributed by atoms with Gasteiger partial charge in [-0.3, -0.25) is 14.6 Å². The lowest BCUT2D eigenvalue weighted by Crippen LogP contribution is -2.53. The van der Waals surface area contributed by atoms with Gasteiger partial charge in [0, 0.05) is 38.8 Å². The quantitative estimate of drug-likeness (QED) is 0.703. The van der Waals surface area contributed by atoms with Gasteiger partial charge in [-0.25, -0.2) is 8.42 Å². The fraction of sp³-hybridized carbons (Fsp3) is 0.667. The van der Waals surface area contributed by atoms with Gasteiger partial charge in [-0.05, 0) is 11.5 Å². The number of morpholine rings is 1. The number of sulfone groups is 1. The maximum Gasteiger partial charge on any atom is 0.242 e. The monoisotopic (exact) mass is 423 g/mol. The summed E-state index contributed by atoms with van der Waals surface area (Å²) in [5, 5.41) is 3.17. The zero-order valence-electron chi connectivity index (χ0n) is 17.4. The van der Waals surface area contributed by atoms with Crippen LogP contribution in [0, 0.1) is 5.92 Å². The molecular weight excluding hydrogens is 390 g/mol. The first-order chi connectivity index (χ1) is 13.9. The van der Waals surface area contributed by atoms with E-state index in [1.807, 2.05) is 35.2 Å². The third-order valence-corrected chi connectivity index (χ3v) is 7.49. The van der Waals surface area contributed by atoms with Crippen LogP contribution in [-0.2, 0) is 19.4 Å². The SMILES string of the molecule is CC(C)C(CNC(=O)C(c1ccccc1)N1CCS(=O)(=O)CC1)N1CCOCC1. The molecule has 3 rings (SSSR count). The third-order valence-electron chi connectivity index (χ3n) is 5.88. The summed E-state index contributed by atoms with van der Waals surface area (Å²) in [6.45, 7) is 8.91. The molecule has 2 unspecified atom stereocenters. The first kappa shape index (κ1) is 22.2. The standard InChI is InChI=1S/C21H33N3O4S/c1-17(2)19(23-8-12-28-13-9-23)16-22-21(25)20(18-6-4-3-5-7-18)24-10-14-29(26,27)15-11-24/h3-7,17,19-20H,8-16H2,1-2H3,(H,22,25). The molecular formula is C21H33N3O4S. The van der Waals surface area contributed by atoms with Gasteiger partial charge in [-0.2, -0.15) is 0 Å². The Morgan fingerprint density at radius 1 is 1.03 bits per heavy atom. The van der Waals surface area contributed by atoms with E-state index < -0.39 is 15.9 Å². The lowest BCUT2D eigenvalue weighted by molar-refractivity contribution is -0.127. The summed E-state index contributed by atoms with van der Waals surface area (Å²) in [4.78, 5) is 17.6. The number of carbonyl (C=O) groups is 1. The predicted octanol–water partition coefficient (Wildman–Crippen LogP) is 0.931. The molecule has 0 aliphatic carbocycles. The molecule has 29 heavy (non-hydrogen) atoms. The minimum absolute atomic E-state index is 0.0607. The number of hydrogen-bond donors (Lipinski definition) is 1. The Hall–Kier alpha value is -1.48. The Morgan fingerprint density at radius 3 is 2.24 bits per heavy atom. The van der Waals surface area contributed by atoms with Crippen LogP contribution in [0.15, 0.2) is 30.3 Å². The number of benzene rings is 1. The van der Waals surface area contributed by atoms with Gasteiger partial charge in [0.25, 0.3) is 0 Å². The molecule has 1 aromatic rings. The second-order valence-electron chi connectivity index (χ2n) is 8.21. The van der Waals surface area contributed by atoms with E-state index in [0.29, 0.717) is 25.6 Å². The molecule has 1 N–H and O–H groups in total. The van der Waals surface area contributed by atoms with Gasteiger partial charge in [0.05, 0.1) is 24.7 Å². The highest BCUT2D eigenvalue weighted by molar-refractivity contribution is 7.91. The largest absolute Gasteiger partial charge is 0.379 e. The fourth-order valence-electron chi connectivity index (χ4n) is 4.15. The molecule has 0 aromatic heterocycles. The van der Waals surface area contributed by atoms with Crippen molar-refractivity contribution >= 4 is 15.7 Å². The van der Waals surface area contributed by atoms with Crippen molar-refractivity contribution in [1.82, 2.24) is 15.1 Å². The minimum Gasteiger partial charge on any atom is -0.379 e. The summed E-state index contributed by atoms with van der Waals surface area (Å²) in [5.41, 5.74) is 0.900. The number of nitrogens with zero attached hydrogens (tertiary/aromatic N) is 2. The number of ether oxygens (including phenoxy) is 1. The highest BCUT2D eigenvalue weighted by Gasteiger charge is 2.33. The topological polar surface area (TPSA) is 79.0 Å². The maximum atomic E-state index is 13.3. The van der Waals surface area contributed by atoms with Gasteiger partial charge in [0.15, 0.2) is 9.84 Å². The molecule has 8 heteroatoms. The second kappa shape index (κ2) is 10.0. The van der Waals surface area contributed by atoms with Crippen LogP contribution in [0.2, 0.25) is 0 Å². The van der Waals surface area contributed by atoms with Gasteiger partial charge in [-0.15, -0.1) is 0 Å². The van der Waals surface area contributed by atoms with Crippen molar-refractivity contribution in [1.29, 1.82) is 0 Å². The van der Waals surface area contributed by atoms with Gasteiger partial charge in [-0.1, -0.05) is 44.2 Å². The second-order valence-corrected chi connectivity index (χ2v) is 10.5. The molecule has 1 aromatic carbocycles. The summed E-state index contributed by atoms with van der Waals surface area (Å²) in [7, 11) is -3.00. The summed E-state index contributed by atoms with van der Waals surface area (Å²) >= 11 is 0. The number of hydrogen-bond acceptors (Lipinski definition) is 6. The summed E-state index contributed by atoms with van der Waals surface area (Å²) < 4.78 is 29.2. The molecule has 7 nitrogen and oxygen atoms in total. The molecule has 0 bridgehead atoms. The van der Waals surface area contributed by atoms with Gasteiger partial charge >= 0.3 is 0 Å². The van der Waals surface area contributed by atoms with E-state index in [1.54, 1.807) is 0 Å². The summed E-state index contributed by atoms with van der Waals surface area (Å²) in [6, 6.07) is 9.42. The van der Waals surface area contributed by atoms with E-state index in [1.165, 1.54) is 0 Å². The molecule has 0 spiro atoms. The van der Waals surface area contributed by atoms with Crippen molar-refractivity contribution in [2.75, 3.05) is 57.4 Å². The molecule has 2 fully saturated rings. The van der Waals surface area contributed by atoms with E-state index in [-0.39, 0.29) is 23.5 Å². The molecule has 162 valence electrons. The van der Waals surface area contributed by atoms with E-state index in [4.69, 9.17) is 4.74 Å². The Kier molecular flexibility index (Phi) is 7.67. The molecule has 2 aliphatic rings. The molecule has 2 atom stereocenters. The van der Waals surface area contributed by atoms with Crippen LogP contribution in [0.5, 0.6) is 0 Å². The van der Waals surface area contributed by atoms with Gasteiger partial charge in [0.1, 0.15) is 6.04 Å². The highest BCUT2D eigenvalue weighted by Crippen LogP contribution is 2.23. The Labute approximate surface area is 174 Å². The van der Waals surface area contributed by atoms with Crippen LogP contribution < -0.4 is 5.32 Å². The molecule has 2 heterocycles. The number of nitrogens with one attached hydrogen (secondary N) is 1. The minimum atomic E-state index is -3.00. The number of amides is 1. The van der Waals surface area contributed by atoms with Crippen LogP contribution in [0.3, 0.4) is 0 Å². The Bertz CT molecular complexity index is 749. The number of carbonyl (C=O) groups excluding carboxylic acids is 1. The predicted molar refractivity (Wildman–Crippen MR) is 113 cm³/mol. The van der Waals surface area contributed by atoms with Crippen molar-refractivity contribution in [2.45, 2.75) is 25.9 Å². The van der Waals surface area contributed by atoms with Crippen LogP contribution in [0.1, 0.15) is 25.5 Å². The Morgan fingerprint density at radius 2 is 1.66 bits per heavy atom. The average Bonchev–Trinajstić information content (AvgIpc) is 2.71. The zero-order chi connectivity index (χ0) is 20.9. The van der Waals surface area contributed by atoms with Crippen LogP contribution >= 0.6 is 0 Å². The Balaban J connectivity index is 1.70. The van der Waals surface area contributed by atoms with Crippen LogP contribution in [0.25, 0.3) is 0 Å². The normalized spacial score (nSPS) is 22.9. The summed E-state index contributed by atoms with van der Waals surface area (Å²) in [5.74, 6) is 0.552. The van der Waals surface area contributed by atoms with Crippen molar-refractivity contribution in [2.24, 2.45) is 5.92 Å². The lowest BCUT2D eigenvalue weighted by Gasteiger charge is -2.38. The molecule has 0 saturated carbocycles.